The van der Waals surface area contributed by atoms with Gasteiger partial charge in [-0.1, -0.05) is 74.5 Å². The average Bonchev–Trinajstić information content (AvgIpc) is 3.12. The molecule has 0 aliphatic rings. The van der Waals surface area contributed by atoms with E-state index in [9.17, 15) is 14.7 Å². The number of carboxylic acids is 1. The minimum Gasteiger partial charge on any atom is -0.477 e. The standard InChI is InChI=1S/C23H23NO3S/c1-16(2)13-21(25)24(15-17-9-5-3-6-10-17)19-14-20(28-22(19)23(26)27)18-11-7-4-8-12-18/h3-12,14,16H,13,15H2,1-2H3,(H,26,27). The first kappa shape index (κ1) is 19.8. The molecule has 0 spiro atoms. The van der Waals surface area contributed by atoms with Crippen LogP contribution in [0.4, 0.5) is 5.69 Å². The summed E-state index contributed by atoms with van der Waals surface area (Å²) in [4.78, 5) is 27.6. The van der Waals surface area contributed by atoms with Crippen LogP contribution in [0.5, 0.6) is 0 Å². The molecule has 3 aromatic rings. The number of rotatable bonds is 7. The molecule has 144 valence electrons. The van der Waals surface area contributed by atoms with Gasteiger partial charge in [-0.15, -0.1) is 11.3 Å². The summed E-state index contributed by atoms with van der Waals surface area (Å²) < 4.78 is 0. The molecule has 0 aliphatic carbocycles. The Morgan fingerprint density at radius 1 is 1.00 bits per heavy atom. The number of nitrogens with zero attached hydrogens (tertiary/aromatic N) is 1. The summed E-state index contributed by atoms with van der Waals surface area (Å²) >= 11 is 1.20. The molecule has 0 atom stereocenters. The van der Waals surface area contributed by atoms with E-state index in [0.29, 0.717) is 18.7 Å². The van der Waals surface area contributed by atoms with E-state index in [1.807, 2.05) is 80.6 Å². The summed E-state index contributed by atoms with van der Waals surface area (Å²) in [5, 5.41) is 9.78. The lowest BCUT2D eigenvalue weighted by Crippen LogP contribution is -2.32. The maximum Gasteiger partial charge on any atom is 0.348 e. The van der Waals surface area contributed by atoms with Crippen molar-refractivity contribution in [3.8, 4) is 10.4 Å². The van der Waals surface area contributed by atoms with E-state index in [2.05, 4.69) is 0 Å². The van der Waals surface area contributed by atoms with E-state index < -0.39 is 5.97 Å². The predicted octanol–water partition coefficient (Wildman–Crippen LogP) is 5.69. The summed E-state index contributed by atoms with van der Waals surface area (Å²) in [6.07, 6.45) is 0.364. The Morgan fingerprint density at radius 2 is 1.61 bits per heavy atom. The van der Waals surface area contributed by atoms with E-state index in [1.54, 1.807) is 4.90 Å². The van der Waals surface area contributed by atoms with Gasteiger partial charge in [-0.2, -0.15) is 0 Å². The van der Waals surface area contributed by atoms with Crippen LogP contribution >= 0.6 is 11.3 Å². The van der Waals surface area contributed by atoms with Gasteiger partial charge in [0.25, 0.3) is 0 Å². The Balaban J connectivity index is 2.06. The molecule has 0 radical (unpaired) electrons. The van der Waals surface area contributed by atoms with Crippen LogP contribution < -0.4 is 4.90 Å². The van der Waals surface area contributed by atoms with E-state index in [4.69, 9.17) is 0 Å². The first-order chi connectivity index (χ1) is 13.5. The molecule has 1 aromatic heterocycles. The topological polar surface area (TPSA) is 57.6 Å². The molecule has 0 unspecified atom stereocenters. The number of carboxylic acid groups (broad SMARTS) is 1. The molecule has 28 heavy (non-hydrogen) atoms. The van der Waals surface area contributed by atoms with Crippen LogP contribution in [0.15, 0.2) is 66.7 Å². The third-order valence-electron chi connectivity index (χ3n) is 4.32. The molecule has 1 N–H and O–H groups in total. The highest BCUT2D eigenvalue weighted by Gasteiger charge is 2.26. The van der Waals surface area contributed by atoms with Gasteiger partial charge in [0, 0.05) is 11.3 Å². The zero-order chi connectivity index (χ0) is 20.1. The normalized spacial score (nSPS) is 10.8. The molecular formula is C23H23NO3S. The van der Waals surface area contributed by atoms with Crippen molar-refractivity contribution in [1.82, 2.24) is 0 Å². The number of anilines is 1. The summed E-state index contributed by atoms with van der Waals surface area (Å²) in [7, 11) is 0. The molecule has 1 amide bonds. The molecule has 4 nitrogen and oxygen atoms in total. The van der Waals surface area contributed by atoms with Gasteiger partial charge in [0.2, 0.25) is 5.91 Å². The Kier molecular flexibility index (Phi) is 6.26. The molecule has 0 saturated heterocycles. The van der Waals surface area contributed by atoms with Crippen LogP contribution in [-0.4, -0.2) is 17.0 Å². The third-order valence-corrected chi connectivity index (χ3v) is 5.48. The van der Waals surface area contributed by atoms with Crippen LogP contribution in [0.2, 0.25) is 0 Å². The van der Waals surface area contributed by atoms with Gasteiger partial charge in [-0.05, 0) is 23.1 Å². The number of aromatic carboxylic acids is 1. The largest absolute Gasteiger partial charge is 0.477 e. The summed E-state index contributed by atoms with van der Waals surface area (Å²) in [6.45, 7) is 4.32. The van der Waals surface area contributed by atoms with Crippen molar-refractivity contribution in [1.29, 1.82) is 0 Å². The minimum absolute atomic E-state index is 0.0706. The van der Waals surface area contributed by atoms with E-state index in [-0.39, 0.29) is 16.7 Å². The fourth-order valence-corrected chi connectivity index (χ4v) is 4.02. The fraction of sp³-hybridized carbons (Fsp3) is 0.217. The van der Waals surface area contributed by atoms with Crippen LogP contribution in [0.25, 0.3) is 10.4 Å². The van der Waals surface area contributed by atoms with Crippen LogP contribution in [0.3, 0.4) is 0 Å². The van der Waals surface area contributed by atoms with Crippen molar-refractivity contribution >= 4 is 28.9 Å². The lowest BCUT2D eigenvalue weighted by Gasteiger charge is -2.23. The number of carbonyl (C=O) groups is 2. The van der Waals surface area contributed by atoms with Crippen LogP contribution in [0.1, 0.15) is 35.5 Å². The van der Waals surface area contributed by atoms with Crippen molar-refractivity contribution in [2.24, 2.45) is 5.92 Å². The van der Waals surface area contributed by atoms with Gasteiger partial charge in [-0.3, -0.25) is 4.79 Å². The molecule has 0 saturated carbocycles. The lowest BCUT2D eigenvalue weighted by molar-refractivity contribution is -0.119. The van der Waals surface area contributed by atoms with Crippen molar-refractivity contribution in [2.45, 2.75) is 26.8 Å². The highest BCUT2D eigenvalue weighted by Crippen LogP contribution is 2.38. The van der Waals surface area contributed by atoms with E-state index in [0.717, 1.165) is 16.0 Å². The Morgan fingerprint density at radius 3 is 2.18 bits per heavy atom. The number of thiophene rings is 1. The van der Waals surface area contributed by atoms with Gasteiger partial charge in [0.05, 0.1) is 12.2 Å². The maximum atomic E-state index is 13.0. The smallest absolute Gasteiger partial charge is 0.348 e. The highest BCUT2D eigenvalue weighted by molar-refractivity contribution is 7.18. The Labute approximate surface area is 169 Å². The van der Waals surface area contributed by atoms with Crippen LogP contribution in [-0.2, 0) is 11.3 Å². The summed E-state index contributed by atoms with van der Waals surface area (Å²) in [5.74, 6) is -0.900. The van der Waals surface area contributed by atoms with Crippen molar-refractivity contribution < 1.29 is 14.7 Å². The molecular weight excluding hydrogens is 370 g/mol. The van der Waals surface area contributed by atoms with Crippen molar-refractivity contribution in [3.05, 3.63) is 77.2 Å². The molecule has 3 rings (SSSR count). The van der Waals surface area contributed by atoms with Gasteiger partial charge in [0.15, 0.2) is 0 Å². The second-order valence-corrected chi connectivity index (χ2v) is 8.11. The zero-order valence-corrected chi connectivity index (χ0v) is 16.8. The number of hydrogen-bond acceptors (Lipinski definition) is 3. The number of hydrogen-bond donors (Lipinski definition) is 1. The second-order valence-electron chi connectivity index (χ2n) is 7.06. The van der Waals surface area contributed by atoms with Crippen LogP contribution in [0, 0.1) is 5.92 Å². The second kappa shape index (κ2) is 8.85. The Bertz CT molecular complexity index is 948. The first-order valence-corrected chi connectivity index (χ1v) is 10.0. The molecule has 0 aliphatic heterocycles. The Hall–Kier alpha value is -2.92. The number of carbonyl (C=O) groups excluding carboxylic acids is 1. The molecule has 2 aromatic carbocycles. The van der Waals surface area contributed by atoms with Gasteiger partial charge in [0.1, 0.15) is 4.88 Å². The fourth-order valence-electron chi connectivity index (χ4n) is 3.01. The lowest BCUT2D eigenvalue weighted by atomic mass is 10.1. The molecule has 5 heteroatoms. The molecule has 0 bridgehead atoms. The van der Waals surface area contributed by atoms with Crippen molar-refractivity contribution in [2.75, 3.05) is 4.90 Å². The van der Waals surface area contributed by atoms with E-state index >= 15 is 0 Å². The predicted molar refractivity (Wildman–Crippen MR) is 114 cm³/mol. The average molecular weight is 394 g/mol. The summed E-state index contributed by atoms with van der Waals surface area (Å²) in [5.41, 5.74) is 2.37. The zero-order valence-electron chi connectivity index (χ0n) is 16.0. The SMILES string of the molecule is CC(C)CC(=O)N(Cc1ccccc1)c1cc(-c2ccccc2)sc1C(=O)O. The number of benzene rings is 2. The highest BCUT2D eigenvalue weighted by atomic mass is 32.1. The van der Waals surface area contributed by atoms with Gasteiger partial charge in [-0.25, -0.2) is 4.79 Å². The summed E-state index contributed by atoms with van der Waals surface area (Å²) in [6, 6.07) is 21.1. The molecule has 1 heterocycles. The minimum atomic E-state index is -1.02. The molecule has 0 fully saturated rings. The quantitative estimate of drug-likeness (QED) is 0.561. The maximum absolute atomic E-state index is 13.0. The first-order valence-electron chi connectivity index (χ1n) is 9.22. The number of amides is 1. The van der Waals surface area contributed by atoms with Crippen molar-refractivity contribution in [3.63, 3.8) is 0 Å². The monoisotopic (exact) mass is 393 g/mol. The van der Waals surface area contributed by atoms with Gasteiger partial charge >= 0.3 is 5.97 Å². The third kappa shape index (κ3) is 4.67. The van der Waals surface area contributed by atoms with Gasteiger partial charge < -0.3 is 10.0 Å². The van der Waals surface area contributed by atoms with E-state index in [1.165, 1.54) is 11.3 Å².